The van der Waals surface area contributed by atoms with Crippen LogP contribution in [0.25, 0.3) is 0 Å². The molecule has 3 nitrogen and oxygen atoms in total. The Bertz CT molecular complexity index is 333. The highest BCUT2D eigenvalue weighted by Gasteiger charge is 2.24. The molecular formula is C13H19NO2. The third kappa shape index (κ3) is 3.35. The van der Waals surface area contributed by atoms with E-state index in [1.54, 1.807) is 0 Å². The number of likely N-dealkylation sites (N-methyl/N-ethyl adjacent to an activating group) is 1. The summed E-state index contributed by atoms with van der Waals surface area (Å²) in [4.78, 5) is 13.8. The summed E-state index contributed by atoms with van der Waals surface area (Å²) in [7, 11) is 3.75. The van der Waals surface area contributed by atoms with Gasteiger partial charge in [-0.15, -0.1) is 0 Å². The van der Waals surface area contributed by atoms with Crippen molar-refractivity contribution in [2.45, 2.75) is 26.0 Å². The van der Waals surface area contributed by atoms with Crippen molar-refractivity contribution in [2.75, 3.05) is 14.1 Å². The number of benzene rings is 1. The number of esters is 1. The number of nitrogens with zero attached hydrogens (tertiary/aromatic N) is 1. The molecule has 0 spiro atoms. The zero-order valence-corrected chi connectivity index (χ0v) is 10.3. The summed E-state index contributed by atoms with van der Waals surface area (Å²) in [6.45, 7) is 3.71. The minimum Gasteiger partial charge on any atom is -0.462 e. The van der Waals surface area contributed by atoms with Crippen molar-refractivity contribution in [1.29, 1.82) is 0 Å². The number of carbonyl (C=O) groups excluding carboxylic acids is 1. The smallest absolute Gasteiger partial charge is 0.328 e. The average molecular weight is 221 g/mol. The first kappa shape index (κ1) is 12.7. The maximum atomic E-state index is 11.9. The Morgan fingerprint density at radius 2 is 1.75 bits per heavy atom. The third-order valence-corrected chi connectivity index (χ3v) is 2.21. The average Bonchev–Trinajstić information content (AvgIpc) is 2.17. The predicted molar refractivity (Wildman–Crippen MR) is 64.1 cm³/mol. The zero-order chi connectivity index (χ0) is 12.1. The van der Waals surface area contributed by atoms with E-state index in [1.165, 1.54) is 0 Å². The quantitative estimate of drug-likeness (QED) is 0.730. The first-order chi connectivity index (χ1) is 7.52. The van der Waals surface area contributed by atoms with Crippen LogP contribution in [-0.4, -0.2) is 31.1 Å². The summed E-state index contributed by atoms with van der Waals surface area (Å²) >= 11 is 0. The van der Waals surface area contributed by atoms with E-state index >= 15 is 0 Å². The molecule has 1 aromatic rings. The number of rotatable bonds is 4. The molecule has 0 heterocycles. The van der Waals surface area contributed by atoms with Gasteiger partial charge in [-0.05, 0) is 33.5 Å². The van der Waals surface area contributed by atoms with Crippen molar-refractivity contribution in [3.63, 3.8) is 0 Å². The Balaban J connectivity index is 2.88. The van der Waals surface area contributed by atoms with Gasteiger partial charge in [0.2, 0.25) is 0 Å². The predicted octanol–water partition coefficient (Wildman–Crippen LogP) is 2.24. The Labute approximate surface area is 97.0 Å². The highest BCUT2D eigenvalue weighted by Crippen LogP contribution is 2.19. The SMILES string of the molecule is CC(C)OC(=O)C(c1ccccc1)N(C)C. The number of hydrogen-bond acceptors (Lipinski definition) is 3. The van der Waals surface area contributed by atoms with Crippen LogP contribution in [0.15, 0.2) is 30.3 Å². The summed E-state index contributed by atoms with van der Waals surface area (Å²) in [6, 6.07) is 9.33. The Hall–Kier alpha value is -1.35. The molecule has 1 atom stereocenters. The van der Waals surface area contributed by atoms with Gasteiger partial charge in [-0.3, -0.25) is 4.90 Å². The lowest BCUT2D eigenvalue weighted by Crippen LogP contribution is -2.30. The second kappa shape index (κ2) is 5.66. The molecule has 0 amide bonds. The zero-order valence-electron chi connectivity index (χ0n) is 10.3. The minimum absolute atomic E-state index is 0.0846. The highest BCUT2D eigenvalue weighted by atomic mass is 16.5. The second-order valence-electron chi connectivity index (χ2n) is 4.26. The monoisotopic (exact) mass is 221 g/mol. The molecule has 0 aliphatic carbocycles. The molecule has 1 unspecified atom stereocenters. The molecule has 0 aromatic heterocycles. The summed E-state index contributed by atoms with van der Waals surface area (Å²) < 4.78 is 5.25. The fraction of sp³-hybridized carbons (Fsp3) is 0.462. The van der Waals surface area contributed by atoms with Crippen LogP contribution in [0, 0.1) is 0 Å². The molecule has 0 aliphatic heterocycles. The lowest BCUT2D eigenvalue weighted by molar-refractivity contribution is -0.153. The lowest BCUT2D eigenvalue weighted by Gasteiger charge is -2.23. The van der Waals surface area contributed by atoms with E-state index in [0.29, 0.717) is 0 Å². The molecule has 0 bridgehead atoms. The van der Waals surface area contributed by atoms with Crippen LogP contribution in [-0.2, 0) is 9.53 Å². The standard InChI is InChI=1S/C13H19NO2/c1-10(2)16-13(15)12(14(3)4)11-8-6-5-7-9-11/h5-10,12H,1-4H3. The van der Waals surface area contributed by atoms with Gasteiger partial charge in [-0.1, -0.05) is 30.3 Å². The molecule has 1 rings (SSSR count). The molecule has 1 aromatic carbocycles. The van der Waals surface area contributed by atoms with Crippen LogP contribution >= 0.6 is 0 Å². The Morgan fingerprint density at radius 1 is 1.19 bits per heavy atom. The Kier molecular flexibility index (Phi) is 4.50. The van der Waals surface area contributed by atoms with Gasteiger partial charge in [0.25, 0.3) is 0 Å². The largest absolute Gasteiger partial charge is 0.462 e. The molecule has 16 heavy (non-hydrogen) atoms. The molecule has 0 radical (unpaired) electrons. The molecule has 0 aliphatic rings. The third-order valence-electron chi connectivity index (χ3n) is 2.21. The number of carbonyl (C=O) groups is 1. The van der Waals surface area contributed by atoms with Gasteiger partial charge in [0, 0.05) is 0 Å². The summed E-state index contributed by atoms with van der Waals surface area (Å²) in [5.41, 5.74) is 0.957. The summed E-state index contributed by atoms with van der Waals surface area (Å²) in [6.07, 6.45) is -0.0846. The molecule has 3 heteroatoms. The minimum atomic E-state index is -0.330. The van der Waals surface area contributed by atoms with E-state index in [4.69, 9.17) is 4.74 Å². The van der Waals surface area contributed by atoms with E-state index in [9.17, 15) is 4.79 Å². The van der Waals surface area contributed by atoms with Crippen molar-refractivity contribution in [1.82, 2.24) is 4.90 Å². The highest BCUT2D eigenvalue weighted by molar-refractivity contribution is 5.77. The van der Waals surface area contributed by atoms with E-state index in [1.807, 2.05) is 63.2 Å². The fourth-order valence-corrected chi connectivity index (χ4v) is 1.58. The van der Waals surface area contributed by atoms with Gasteiger partial charge in [-0.2, -0.15) is 0 Å². The first-order valence-electron chi connectivity index (χ1n) is 5.44. The van der Waals surface area contributed by atoms with E-state index in [2.05, 4.69) is 0 Å². The number of ether oxygens (including phenoxy) is 1. The Morgan fingerprint density at radius 3 is 2.19 bits per heavy atom. The van der Waals surface area contributed by atoms with Crippen LogP contribution in [0.4, 0.5) is 0 Å². The van der Waals surface area contributed by atoms with Gasteiger partial charge in [0.05, 0.1) is 6.10 Å². The molecule has 0 N–H and O–H groups in total. The summed E-state index contributed by atoms with van der Waals surface area (Å²) in [5, 5.41) is 0. The maximum Gasteiger partial charge on any atom is 0.328 e. The number of hydrogen-bond donors (Lipinski definition) is 0. The van der Waals surface area contributed by atoms with E-state index in [0.717, 1.165) is 5.56 Å². The van der Waals surface area contributed by atoms with Crippen molar-refractivity contribution in [2.24, 2.45) is 0 Å². The van der Waals surface area contributed by atoms with Gasteiger partial charge < -0.3 is 4.74 Å². The van der Waals surface area contributed by atoms with Crippen molar-refractivity contribution < 1.29 is 9.53 Å². The van der Waals surface area contributed by atoms with Crippen molar-refractivity contribution >= 4 is 5.97 Å². The van der Waals surface area contributed by atoms with Gasteiger partial charge in [-0.25, -0.2) is 4.79 Å². The van der Waals surface area contributed by atoms with Crippen LogP contribution in [0.1, 0.15) is 25.5 Å². The summed E-state index contributed by atoms with van der Waals surface area (Å²) in [5.74, 6) is -0.203. The van der Waals surface area contributed by atoms with Crippen LogP contribution in [0.3, 0.4) is 0 Å². The van der Waals surface area contributed by atoms with E-state index < -0.39 is 0 Å². The fourth-order valence-electron chi connectivity index (χ4n) is 1.58. The van der Waals surface area contributed by atoms with Crippen molar-refractivity contribution in [3.05, 3.63) is 35.9 Å². The van der Waals surface area contributed by atoms with E-state index in [-0.39, 0.29) is 18.1 Å². The van der Waals surface area contributed by atoms with Crippen LogP contribution in [0.5, 0.6) is 0 Å². The molecule has 0 saturated heterocycles. The van der Waals surface area contributed by atoms with Crippen molar-refractivity contribution in [3.8, 4) is 0 Å². The molecule has 0 fully saturated rings. The molecule has 0 saturated carbocycles. The second-order valence-corrected chi connectivity index (χ2v) is 4.26. The maximum absolute atomic E-state index is 11.9. The normalized spacial score (nSPS) is 12.9. The van der Waals surface area contributed by atoms with Gasteiger partial charge >= 0.3 is 5.97 Å². The van der Waals surface area contributed by atoms with Gasteiger partial charge in [0.1, 0.15) is 6.04 Å². The molecular weight excluding hydrogens is 202 g/mol. The van der Waals surface area contributed by atoms with Gasteiger partial charge in [0.15, 0.2) is 0 Å². The van der Waals surface area contributed by atoms with Crippen LogP contribution in [0.2, 0.25) is 0 Å². The topological polar surface area (TPSA) is 29.5 Å². The first-order valence-corrected chi connectivity index (χ1v) is 5.44. The molecule has 88 valence electrons. The lowest BCUT2D eigenvalue weighted by atomic mass is 10.1. The van der Waals surface area contributed by atoms with Crippen LogP contribution < -0.4 is 0 Å².